The number of nitrogens with two attached hydrogens (primary N) is 1. The number of hydrogen-bond acceptors (Lipinski definition) is 3. The third kappa shape index (κ3) is 2.67. The van der Waals surface area contributed by atoms with Gasteiger partial charge in [0.15, 0.2) is 0 Å². The van der Waals surface area contributed by atoms with E-state index >= 15 is 0 Å². The molecule has 0 aromatic rings. The lowest BCUT2D eigenvalue weighted by Crippen LogP contribution is -2.46. The minimum atomic E-state index is -0.0315. The van der Waals surface area contributed by atoms with Gasteiger partial charge in [-0.25, -0.2) is 0 Å². The quantitative estimate of drug-likeness (QED) is 0.802. The molecule has 0 aromatic carbocycles. The zero-order valence-electron chi connectivity index (χ0n) is 12.0. The third-order valence-corrected chi connectivity index (χ3v) is 4.47. The Kier molecular flexibility index (Phi) is 3.30. The van der Waals surface area contributed by atoms with Crippen molar-refractivity contribution < 1.29 is 4.74 Å². The van der Waals surface area contributed by atoms with Crippen molar-refractivity contribution in [1.82, 2.24) is 4.90 Å². The number of hydrogen-bond donors (Lipinski definition) is 1. The van der Waals surface area contributed by atoms with Crippen molar-refractivity contribution in [1.29, 1.82) is 0 Å². The van der Waals surface area contributed by atoms with E-state index in [0.29, 0.717) is 18.0 Å². The van der Waals surface area contributed by atoms with E-state index in [1.54, 1.807) is 0 Å². The molecule has 0 spiro atoms. The minimum absolute atomic E-state index is 0.0145. The molecule has 2 N–H and O–H groups in total. The predicted octanol–water partition coefficient (Wildman–Crippen LogP) is 2.00. The molecule has 0 bridgehead atoms. The van der Waals surface area contributed by atoms with Crippen LogP contribution in [-0.2, 0) is 4.74 Å². The Morgan fingerprint density at radius 1 is 1.29 bits per heavy atom. The Morgan fingerprint density at radius 3 is 2.35 bits per heavy atom. The summed E-state index contributed by atoms with van der Waals surface area (Å²) in [5, 5.41) is 0. The van der Waals surface area contributed by atoms with Crippen LogP contribution in [0.15, 0.2) is 0 Å². The molecule has 2 heterocycles. The van der Waals surface area contributed by atoms with Crippen LogP contribution in [0.4, 0.5) is 0 Å². The Morgan fingerprint density at radius 2 is 1.94 bits per heavy atom. The fourth-order valence-electron chi connectivity index (χ4n) is 3.63. The second-order valence-corrected chi connectivity index (χ2v) is 7.09. The fourth-order valence-corrected chi connectivity index (χ4v) is 3.63. The van der Waals surface area contributed by atoms with Crippen molar-refractivity contribution >= 4 is 0 Å². The maximum Gasteiger partial charge on any atom is 0.0789 e. The predicted molar refractivity (Wildman–Crippen MR) is 71.0 cm³/mol. The second-order valence-electron chi connectivity index (χ2n) is 7.09. The molecule has 3 atom stereocenters. The monoisotopic (exact) mass is 240 g/mol. The molecule has 100 valence electrons. The van der Waals surface area contributed by atoms with E-state index < -0.39 is 0 Å². The van der Waals surface area contributed by atoms with Gasteiger partial charge in [-0.05, 0) is 59.9 Å². The summed E-state index contributed by atoms with van der Waals surface area (Å²) < 4.78 is 6.18. The zero-order valence-corrected chi connectivity index (χ0v) is 12.0. The lowest BCUT2D eigenvalue weighted by molar-refractivity contribution is -0.0791. The number of likely N-dealkylation sites (tertiary alicyclic amines) is 1. The van der Waals surface area contributed by atoms with Crippen LogP contribution in [0.2, 0.25) is 0 Å². The summed E-state index contributed by atoms with van der Waals surface area (Å²) in [6.45, 7) is 13.3. The highest BCUT2D eigenvalue weighted by Crippen LogP contribution is 2.41. The van der Waals surface area contributed by atoms with E-state index in [1.165, 1.54) is 13.0 Å². The van der Waals surface area contributed by atoms with Crippen molar-refractivity contribution in [3.8, 4) is 0 Å². The second kappa shape index (κ2) is 4.22. The summed E-state index contributed by atoms with van der Waals surface area (Å²) in [5.74, 6) is 0.662. The fraction of sp³-hybridized carbons (Fsp3) is 1.00. The standard InChI is InChI=1S/C14H28N2O/c1-10(15)11-6-7-16(9-11)12-8-13(2,3)17-14(12,4)5/h10-12H,6-9,15H2,1-5H3. The topological polar surface area (TPSA) is 38.5 Å². The minimum Gasteiger partial charge on any atom is -0.368 e. The van der Waals surface area contributed by atoms with Crippen LogP contribution in [0.25, 0.3) is 0 Å². The Bertz CT molecular complexity index is 286. The molecule has 3 nitrogen and oxygen atoms in total. The van der Waals surface area contributed by atoms with Crippen molar-refractivity contribution in [3.63, 3.8) is 0 Å². The molecule has 17 heavy (non-hydrogen) atoms. The van der Waals surface area contributed by atoms with Crippen LogP contribution >= 0.6 is 0 Å². The highest BCUT2D eigenvalue weighted by molar-refractivity contribution is 5.02. The largest absolute Gasteiger partial charge is 0.368 e. The van der Waals surface area contributed by atoms with Gasteiger partial charge in [-0.2, -0.15) is 0 Å². The Balaban J connectivity index is 2.04. The summed E-state index contributed by atoms with van der Waals surface area (Å²) in [6.07, 6.45) is 2.37. The first-order valence-electron chi connectivity index (χ1n) is 6.91. The molecular formula is C14H28N2O. The molecule has 3 heteroatoms. The highest BCUT2D eigenvalue weighted by atomic mass is 16.5. The van der Waals surface area contributed by atoms with E-state index in [0.717, 1.165) is 13.0 Å². The molecule has 0 saturated carbocycles. The third-order valence-electron chi connectivity index (χ3n) is 4.47. The van der Waals surface area contributed by atoms with Gasteiger partial charge in [0.1, 0.15) is 0 Å². The molecule has 2 aliphatic rings. The first-order chi connectivity index (χ1) is 7.71. The van der Waals surface area contributed by atoms with Gasteiger partial charge in [0.2, 0.25) is 0 Å². The van der Waals surface area contributed by atoms with Crippen molar-refractivity contribution in [2.24, 2.45) is 11.7 Å². The number of ether oxygens (including phenoxy) is 1. The normalized spacial score (nSPS) is 38.5. The van der Waals surface area contributed by atoms with Crippen molar-refractivity contribution in [3.05, 3.63) is 0 Å². The highest BCUT2D eigenvalue weighted by Gasteiger charge is 2.49. The molecule has 2 fully saturated rings. The molecule has 0 aromatic heterocycles. The van der Waals surface area contributed by atoms with Gasteiger partial charge in [-0.15, -0.1) is 0 Å². The summed E-state index contributed by atoms with van der Waals surface area (Å²) >= 11 is 0. The van der Waals surface area contributed by atoms with Crippen LogP contribution in [-0.4, -0.2) is 41.3 Å². The van der Waals surface area contributed by atoms with Crippen LogP contribution < -0.4 is 5.73 Å². The van der Waals surface area contributed by atoms with E-state index in [4.69, 9.17) is 10.5 Å². The molecule has 0 amide bonds. The van der Waals surface area contributed by atoms with Crippen molar-refractivity contribution in [2.75, 3.05) is 13.1 Å². The lowest BCUT2D eigenvalue weighted by atomic mass is 9.93. The SMILES string of the molecule is CC(N)C1CCN(C2CC(C)(C)OC2(C)C)C1. The van der Waals surface area contributed by atoms with Gasteiger partial charge in [0, 0.05) is 18.6 Å². The first-order valence-corrected chi connectivity index (χ1v) is 6.91. The lowest BCUT2D eigenvalue weighted by Gasteiger charge is -2.34. The number of nitrogens with zero attached hydrogens (tertiary/aromatic N) is 1. The maximum absolute atomic E-state index is 6.18. The molecule has 0 radical (unpaired) electrons. The average Bonchev–Trinajstić information content (AvgIpc) is 2.67. The molecule has 0 aliphatic carbocycles. The summed E-state index contributed by atoms with van der Waals surface area (Å²) in [4.78, 5) is 2.60. The molecule has 2 aliphatic heterocycles. The zero-order chi connectivity index (χ0) is 12.8. The van der Waals surface area contributed by atoms with E-state index in [2.05, 4.69) is 39.5 Å². The van der Waals surface area contributed by atoms with Gasteiger partial charge < -0.3 is 10.5 Å². The summed E-state index contributed by atoms with van der Waals surface area (Å²) in [6, 6.07) is 0.861. The van der Waals surface area contributed by atoms with Crippen LogP contribution in [0.3, 0.4) is 0 Å². The van der Waals surface area contributed by atoms with Crippen LogP contribution in [0, 0.1) is 5.92 Å². The number of rotatable bonds is 2. The summed E-state index contributed by atoms with van der Waals surface area (Å²) in [5.41, 5.74) is 6.00. The van der Waals surface area contributed by atoms with Gasteiger partial charge in [0.05, 0.1) is 11.2 Å². The van der Waals surface area contributed by atoms with E-state index in [1.807, 2.05) is 0 Å². The summed E-state index contributed by atoms with van der Waals surface area (Å²) in [7, 11) is 0. The van der Waals surface area contributed by atoms with Gasteiger partial charge in [0.25, 0.3) is 0 Å². The first kappa shape index (κ1) is 13.3. The van der Waals surface area contributed by atoms with Crippen LogP contribution in [0.5, 0.6) is 0 Å². The molecular weight excluding hydrogens is 212 g/mol. The van der Waals surface area contributed by atoms with Gasteiger partial charge >= 0.3 is 0 Å². The van der Waals surface area contributed by atoms with Crippen LogP contribution in [0.1, 0.15) is 47.5 Å². The van der Waals surface area contributed by atoms with Crippen molar-refractivity contribution in [2.45, 2.75) is 70.7 Å². The molecule has 3 unspecified atom stereocenters. The average molecular weight is 240 g/mol. The van der Waals surface area contributed by atoms with E-state index in [9.17, 15) is 0 Å². The molecule has 2 rings (SSSR count). The Labute approximate surface area is 106 Å². The maximum atomic E-state index is 6.18. The van der Waals surface area contributed by atoms with Gasteiger partial charge in [-0.1, -0.05) is 0 Å². The Hall–Kier alpha value is -0.120. The smallest absolute Gasteiger partial charge is 0.0789 e. The van der Waals surface area contributed by atoms with Gasteiger partial charge in [-0.3, -0.25) is 4.90 Å². The molecule has 2 saturated heterocycles. The van der Waals surface area contributed by atoms with E-state index in [-0.39, 0.29) is 11.2 Å².